The molecule has 0 unspecified atom stereocenters. The third-order valence-electron chi connectivity index (χ3n) is 2.80. The van der Waals surface area contributed by atoms with Crippen molar-refractivity contribution in [3.63, 3.8) is 0 Å². The van der Waals surface area contributed by atoms with Crippen molar-refractivity contribution in [3.8, 4) is 6.07 Å². The van der Waals surface area contributed by atoms with Gasteiger partial charge in [-0.1, -0.05) is 12.1 Å². The first-order chi connectivity index (χ1) is 7.24. The van der Waals surface area contributed by atoms with Crippen molar-refractivity contribution >= 4 is 0 Å². The molecule has 0 aromatic heterocycles. The van der Waals surface area contributed by atoms with Crippen LogP contribution in [-0.2, 0) is 6.54 Å². The molecule has 78 valence electrons. The molecule has 2 rings (SSSR count). The molecule has 0 atom stereocenters. The van der Waals surface area contributed by atoms with Crippen molar-refractivity contribution in [2.45, 2.75) is 19.4 Å². The fourth-order valence-electron chi connectivity index (χ4n) is 1.53. The summed E-state index contributed by atoms with van der Waals surface area (Å²) in [5, 5.41) is 12.1. The molecule has 1 fully saturated rings. The van der Waals surface area contributed by atoms with Crippen LogP contribution in [0.2, 0.25) is 0 Å². The van der Waals surface area contributed by atoms with Crippen LogP contribution >= 0.6 is 0 Å². The molecule has 1 aromatic rings. The number of hydrogen-bond acceptors (Lipinski definition) is 2. The third-order valence-corrected chi connectivity index (χ3v) is 2.80. The van der Waals surface area contributed by atoms with Gasteiger partial charge in [-0.15, -0.1) is 0 Å². The topological polar surface area (TPSA) is 35.8 Å². The van der Waals surface area contributed by atoms with E-state index in [2.05, 4.69) is 11.4 Å². The number of nitrogens with zero attached hydrogens (tertiary/aromatic N) is 1. The predicted octanol–water partition coefficient (Wildman–Crippen LogP) is 2.22. The molecular formula is C12H13FN2. The van der Waals surface area contributed by atoms with Gasteiger partial charge >= 0.3 is 0 Å². The van der Waals surface area contributed by atoms with Crippen molar-refractivity contribution in [2.75, 3.05) is 6.54 Å². The Balaban J connectivity index is 1.79. The summed E-state index contributed by atoms with van der Waals surface area (Å²) in [6.45, 7) is 1.44. The van der Waals surface area contributed by atoms with Crippen molar-refractivity contribution in [3.05, 3.63) is 35.6 Å². The maximum Gasteiger partial charge on any atom is 0.123 e. The average molecular weight is 204 g/mol. The lowest BCUT2D eigenvalue weighted by molar-refractivity contribution is 0.557. The number of hydrogen-bond donors (Lipinski definition) is 1. The molecule has 15 heavy (non-hydrogen) atoms. The fourth-order valence-corrected chi connectivity index (χ4v) is 1.53. The van der Waals surface area contributed by atoms with Gasteiger partial charge in [-0.3, -0.25) is 0 Å². The molecule has 0 heterocycles. The Bertz CT molecular complexity index is 374. The Morgan fingerprint density at radius 2 is 2.00 bits per heavy atom. The van der Waals surface area contributed by atoms with Crippen LogP contribution < -0.4 is 5.32 Å². The average Bonchev–Trinajstić information content (AvgIpc) is 3.02. The van der Waals surface area contributed by atoms with Gasteiger partial charge in [0.1, 0.15) is 5.82 Å². The number of nitriles is 1. The Hall–Kier alpha value is -1.40. The van der Waals surface area contributed by atoms with Crippen LogP contribution in [0.3, 0.4) is 0 Å². The van der Waals surface area contributed by atoms with Gasteiger partial charge in [-0.25, -0.2) is 4.39 Å². The first-order valence-corrected chi connectivity index (χ1v) is 5.11. The lowest BCUT2D eigenvalue weighted by Gasteiger charge is -2.07. The minimum absolute atomic E-state index is 0.111. The van der Waals surface area contributed by atoms with Crippen molar-refractivity contribution < 1.29 is 4.39 Å². The van der Waals surface area contributed by atoms with Gasteiger partial charge in [-0.2, -0.15) is 5.26 Å². The third kappa shape index (κ3) is 2.54. The second-order valence-corrected chi connectivity index (χ2v) is 4.12. The van der Waals surface area contributed by atoms with Crippen LogP contribution in [-0.4, -0.2) is 6.54 Å². The molecule has 1 N–H and O–H groups in total. The van der Waals surface area contributed by atoms with Crippen molar-refractivity contribution in [2.24, 2.45) is 5.41 Å². The van der Waals surface area contributed by atoms with Crippen LogP contribution in [0.5, 0.6) is 0 Å². The van der Waals surface area contributed by atoms with E-state index in [1.54, 1.807) is 12.1 Å². The molecule has 0 bridgehead atoms. The number of halogens is 1. The van der Waals surface area contributed by atoms with Crippen LogP contribution in [0.25, 0.3) is 0 Å². The maximum atomic E-state index is 12.6. The Labute approximate surface area is 88.7 Å². The summed E-state index contributed by atoms with van der Waals surface area (Å²) in [6, 6.07) is 8.75. The molecule has 1 aromatic carbocycles. The summed E-state index contributed by atoms with van der Waals surface area (Å²) < 4.78 is 12.6. The highest BCUT2D eigenvalue weighted by molar-refractivity contribution is 5.16. The smallest absolute Gasteiger partial charge is 0.123 e. The first kappa shape index (κ1) is 10.1. The van der Waals surface area contributed by atoms with Gasteiger partial charge in [0.2, 0.25) is 0 Å². The fraction of sp³-hybridized carbons (Fsp3) is 0.417. The van der Waals surface area contributed by atoms with E-state index < -0.39 is 0 Å². The van der Waals surface area contributed by atoms with Gasteiger partial charge in [0, 0.05) is 13.1 Å². The molecule has 0 spiro atoms. The minimum Gasteiger partial charge on any atom is -0.311 e. The highest BCUT2D eigenvalue weighted by atomic mass is 19.1. The zero-order valence-electron chi connectivity index (χ0n) is 8.46. The van der Waals surface area contributed by atoms with E-state index in [-0.39, 0.29) is 11.2 Å². The van der Waals surface area contributed by atoms with E-state index in [0.29, 0.717) is 6.54 Å². The molecule has 1 aliphatic carbocycles. The molecular weight excluding hydrogens is 191 g/mol. The predicted molar refractivity (Wildman–Crippen MR) is 55.4 cm³/mol. The largest absolute Gasteiger partial charge is 0.311 e. The second-order valence-electron chi connectivity index (χ2n) is 4.12. The van der Waals surface area contributed by atoms with E-state index in [1.807, 2.05) is 0 Å². The Morgan fingerprint density at radius 3 is 2.53 bits per heavy atom. The van der Waals surface area contributed by atoms with Crippen LogP contribution in [0.4, 0.5) is 4.39 Å². The van der Waals surface area contributed by atoms with Crippen LogP contribution in [0.1, 0.15) is 18.4 Å². The SMILES string of the molecule is N#CC1(CNCc2ccc(F)cc2)CC1. The molecule has 1 saturated carbocycles. The first-order valence-electron chi connectivity index (χ1n) is 5.11. The quantitative estimate of drug-likeness (QED) is 0.816. The highest BCUT2D eigenvalue weighted by Crippen LogP contribution is 2.44. The van der Waals surface area contributed by atoms with E-state index >= 15 is 0 Å². The van der Waals surface area contributed by atoms with Gasteiger partial charge < -0.3 is 5.32 Å². The highest BCUT2D eigenvalue weighted by Gasteiger charge is 2.42. The van der Waals surface area contributed by atoms with Gasteiger partial charge in [-0.05, 0) is 30.5 Å². The van der Waals surface area contributed by atoms with E-state index in [0.717, 1.165) is 24.9 Å². The van der Waals surface area contributed by atoms with Crippen LogP contribution in [0.15, 0.2) is 24.3 Å². The molecule has 0 amide bonds. The summed E-state index contributed by atoms with van der Waals surface area (Å²) in [5.41, 5.74) is 0.935. The lowest BCUT2D eigenvalue weighted by atomic mass is 10.1. The Kier molecular flexibility index (Phi) is 2.70. The molecule has 3 heteroatoms. The zero-order chi connectivity index (χ0) is 10.7. The van der Waals surface area contributed by atoms with Crippen LogP contribution in [0, 0.1) is 22.6 Å². The normalized spacial score (nSPS) is 17.1. The molecule has 0 aliphatic heterocycles. The maximum absolute atomic E-state index is 12.6. The van der Waals surface area contributed by atoms with Crippen molar-refractivity contribution in [1.29, 1.82) is 5.26 Å². The summed E-state index contributed by atoms with van der Waals surface area (Å²) in [4.78, 5) is 0. The van der Waals surface area contributed by atoms with E-state index in [9.17, 15) is 4.39 Å². The van der Waals surface area contributed by atoms with Gasteiger partial charge in [0.25, 0.3) is 0 Å². The standard InChI is InChI=1S/C12H13FN2/c13-11-3-1-10(2-4-11)7-15-9-12(8-14)5-6-12/h1-4,15H,5-7,9H2. The number of rotatable bonds is 4. The summed E-state index contributed by atoms with van der Waals surface area (Å²) in [6.07, 6.45) is 2.00. The molecule has 2 nitrogen and oxygen atoms in total. The zero-order valence-corrected chi connectivity index (χ0v) is 8.46. The van der Waals surface area contributed by atoms with E-state index in [4.69, 9.17) is 5.26 Å². The summed E-state index contributed by atoms with van der Waals surface area (Å²) >= 11 is 0. The van der Waals surface area contributed by atoms with Crippen molar-refractivity contribution in [1.82, 2.24) is 5.32 Å². The number of benzene rings is 1. The Morgan fingerprint density at radius 1 is 1.33 bits per heavy atom. The van der Waals surface area contributed by atoms with E-state index in [1.165, 1.54) is 12.1 Å². The van der Waals surface area contributed by atoms with Gasteiger partial charge in [0.15, 0.2) is 0 Å². The number of nitrogens with one attached hydrogen (secondary N) is 1. The van der Waals surface area contributed by atoms with Gasteiger partial charge in [0.05, 0.1) is 11.5 Å². The monoisotopic (exact) mass is 204 g/mol. The molecule has 1 aliphatic rings. The second kappa shape index (κ2) is 4.00. The molecule has 0 saturated heterocycles. The molecule has 0 radical (unpaired) electrons. The summed E-state index contributed by atoms with van der Waals surface area (Å²) in [5.74, 6) is -0.213. The lowest BCUT2D eigenvalue weighted by Crippen LogP contribution is -2.22. The minimum atomic E-state index is -0.213. The summed E-state index contributed by atoms with van der Waals surface area (Å²) in [7, 11) is 0.